The summed E-state index contributed by atoms with van der Waals surface area (Å²) in [6.45, 7) is 2.61. The molecule has 3 rings (SSSR count). The van der Waals surface area contributed by atoms with Gasteiger partial charge in [-0.25, -0.2) is 4.98 Å². The summed E-state index contributed by atoms with van der Waals surface area (Å²) in [4.78, 5) is 43.1. The molecular formula is C21H18ClF3N4O3. The Labute approximate surface area is 185 Å². The zero-order valence-electron chi connectivity index (χ0n) is 17.0. The normalized spacial score (nSPS) is 11.4. The van der Waals surface area contributed by atoms with Crippen molar-refractivity contribution >= 4 is 46.0 Å². The van der Waals surface area contributed by atoms with Crippen LogP contribution in [0.4, 0.5) is 24.7 Å². The van der Waals surface area contributed by atoms with Crippen molar-refractivity contribution in [3.8, 4) is 0 Å². The molecule has 0 saturated heterocycles. The first-order chi connectivity index (χ1) is 15.0. The smallest absolute Gasteiger partial charge is 0.323 e. The lowest BCUT2D eigenvalue weighted by molar-refractivity contribution is -0.137. The lowest BCUT2D eigenvalue weighted by Gasteiger charge is -2.20. The van der Waals surface area contributed by atoms with E-state index in [9.17, 15) is 27.6 Å². The van der Waals surface area contributed by atoms with Crippen molar-refractivity contribution in [2.45, 2.75) is 26.6 Å². The van der Waals surface area contributed by atoms with E-state index >= 15 is 0 Å². The first-order valence-corrected chi connectivity index (χ1v) is 9.85. The second-order valence-electron chi connectivity index (χ2n) is 6.82. The van der Waals surface area contributed by atoms with Gasteiger partial charge in [-0.1, -0.05) is 23.7 Å². The number of nitrogens with zero attached hydrogens (tertiary/aromatic N) is 3. The Kier molecular flexibility index (Phi) is 6.54. The molecule has 7 nitrogen and oxygen atoms in total. The summed E-state index contributed by atoms with van der Waals surface area (Å²) in [5.41, 5.74) is -1.22. The highest BCUT2D eigenvalue weighted by atomic mass is 35.5. The number of hydrogen-bond donors (Lipinski definition) is 1. The monoisotopic (exact) mass is 466 g/mol. The molecule has 0 unspecified atom stereocenters. The number of anilines is 2. The minimum absolute atomic E-state index is 0.0901. The van der Waals surface area contributed by atoms with Gasteiger partial charge < -0.3 is 5.32 Å². The van der Waals surface area contributed by atoms with Crippen LogP contribution in [-0.4, -0.2) is 27.9 Å². The summed E-state index contributed by atoms with van der Waals surface area (Å²) < 4.78 is 40.1. The number of carbonyl (C=O) groups is 2. The van der Waals surface area contributed by atoms with Crippen molar-refractivity contribution in [3.63, 3.8) is 0 Å². The van der Waals surface area contributed by atoms with Crippen molar-refractivity contribution in [2.75, 3.05) is 16.8 Å². The number of fused-ring (bicyclic) bond motifs is 1. The van der Waals surface area contributed by atoms with Gasteiger partial charge in [0, 0.05) is 13.5 Å². The number of carbonyl (C=O) groups excluding carboxylic acids is 2. The first kappa shape index (κ1) is 23.3. The number of alkyl halides is 3. The van der Waals surface area contributed by atoms with E-state index in [1.165, 1.54) is 11.8 Å². The van der Waals surface area contributed by atoms with Crippen molar-refractivity contribution in [1.82, 2.24) is 9.55 Å². The second-order valence-corrected chi connectivity index (χ2v) is 7.23. The minimum atomic E-state index is -4.62. The zero-order chi connectivity index (χ0) is 23.6. The molecule has 3 aromatic rings. The molecule has 1 heterocycles. The maximum atomic E-state index is 13.1. The highest BCUT2D eigenvalue weighted by Crippen LogP contribution is 2.33. The highest BCUT2D eigenvalue weighted by molar-refractivity contribution is 6.33. The molecule has 0 fully saturated rings. The molecule has 11 heteroatoms. The Bertz CT molecular complexity index is 1260. The Hall–Kier alpha value is -3.40. The molecule has 0 bridgehead atoms. The SMILES string of the molecule is CCN(C(C)=O)c1nc2ccccc2n(CC(=O)Nc2cc(C(F)(F)F)ccc2Cl)c1=O. The molecular weight excluding hydrogens is 449 g/mol. The summed E-state index contributed by atoms with van der Waals surface area (Å²) in [6, 6.07) is 9.05. The molecule has 0 radical (unpaired) electrons. The molecule has 0 atom stereocenters. The third kappa shape index (κ3) is 4.75. The Balaban J connectivity index is 2.02. The number of halogens is 4. The van der Waals surface area contributed by atoms with Crippen molar-refractivity contribution in [2.24, 2.45) is 0 Å². The van der Waals surface area contributed by atoms with Gasteiger partial charge in [0.1, 0.15) is 6.54 Å². The van der Waals surface area contributed by atoms with Gasteiger partial charge in [-0.15, -0.1) is 0 Å². The number of para-hydroxylation sites is 2. The lowest BCUT2D eigenvalue weighted by atomic mass is 10.2. The predicted molar refractivity (Wildman–Crippen MR) is 115 cm³/mol. The molecule has 168 valence electrons. The Morgan fingerprint density at radius 2 is 1.88 bits per heavy atom. The van der Waals surface area contributed by atoms with Gasteiger partial charge in [0.25, 0.3) is 5.56 Å². The van der Waals surface area contributed by atoms with Crippen LogP contribution in [-0.2, 0) is 22.3 Å². The summed E-state index contributed by atoms with van der Waals surface area (Å²) in [5.74, 6) is -1.33. The molecule has 1 aromatic heterocycles. The van der Waals surface area contributed by atoms with Crippen LogP contribution in [0.5, 0.6) is 0 Å². The second kappa shape index (κ2) is 8.99. The molecule has 0 spiro atoms. The number of benzene rings is 2. The van der Waals surface area contributed by atoms with E-state index in [2.05, 4.69) is 10.3 Å². The van der Waals surface area contributed by atoms with Crippen molar-refractivity contribution in [1.29, 1.82) is 0 Å². The molecule has 0 saturated carbocycles. The molecule has 0 aliphatic carbocycles. The topological polar surface area (TPSA) is 84.3 Å². The summed E-state index contributed by atoms with van der Waals surface area (Å²) >= 11 is 5.94. The third-order valence-corrected chi connectivity index (χ3v) is 4.99. The van der Waals surface area contributed by atoms with Crippen LogP contribution >= 0.6 is 11.6 Å². The fourth-order valence-electron chi connectivity index (χ4n) is 3.16. The predicted octanol–water partition coefficient (Wildman–Crippen LogP) is 4.08. The summed E-state index contributed by atoms with van der Waals surface area (Å²) in [5, 5.41) is 2.23. The number of rotatable bonds is 5. The Morgan fingerprint density at radius 1 is 1.19 bits per heavy atom. The quantitative estimate of drug-likeness (QED) is 0.614. The van der Waals surface area contributed by atoms with Crippen LogP contribution in [0.1, 0.15) is 19.4 Å². The molecule has 0 aliphatic rings. The van der Waals surface area contributed by atoms with Gasteiger partial charge in [-0.2, -0.15) is 13.2 Å². The molecule has 0 aliphatic heterocycles. The lowest BCUT2D eigenvalue weighted by Crippen LogP contribution is -2.38. The van der Waals surface area contributed by atoms with Crippen molar-refractivity contribution in [3.05, 3.63) is 63.4 Å². The maximum Gasteiger partial charge on any atom is 0.416 e. The van der Waals surface area contributed by atoms with Crippen LogP contribution in [0, 0.1) is 0 Å². The van der Waals surface area contributed by atoms with Gasteiger partial charge >= 0.3 is 6.18 Å². The minimum Gasteiger partial charge on any atom is -0.323 e. The average Bonchev–Trinajstić information content (AvgIpc) is 2.72. The van der Waals surface area contributed by atoms with Gasteiger partial charge in [0.05, 0.1) is 27.3 Å². The molecule has 2 aromatic carbocycles. The van der Waals surface area contributed by atoms with Crippen LogP contribution in [0.25, 0.3) is 11.0 Å². The first-order valence-electron chi connectivity index (χ1n) is 9.47. The van der Waals surface area contributed by atoms with Crippen LogP contribution in [0.3, 0.4) is 0 Å². The average molecular weight is 467 g/mol. The molecule has 32 heavy (non-hydrogen) atoms. The fourth-order valence-corrected chi connectivity index (χ4v) is 3.33. The number of hydrogen-bond acceptors (Lipinski definition) is 4. The van der Waals surface area contributed by atoms with E-state index in [1.807, 2.05) is 0 Å². The van der Waals surface area contributed by atoms with Crippen LogP contribution in [0.15, 0.2) is 47.3 Å². The fraction of sp³-hybridized carbons (Fsp3) is 0.238. The number of amides is 2. The number of nitrogens with one attached hydrogen (secondary N) is 1. The highest BCUT2D eigenvalue weighted by Gasteiger charge is 2.31. The maximum absolute atomic E-state index is 13.1. The van der Waals surface area contributed by atoms with Gasteiger partial charge in [0.15, 0.2) is 0 Å². The van der Waals surface area contributed by atoms with E-state index < -0.39 is 35.7 Å². The zero-order valence-corrected chi connectivity index (χ0v) is 17.8. The van der Waals surface area contributed by atoms with Crippen molar-refractivity contribution < 1.29 is 22.8 Å². The van der Waals surface area contributed by atoms with Crippen LogP contribution in [0.2, 0.25) is 5.02 Å². The standard InChI is InChI=1S/C21H18ClF3N4O3/c1-3-28(12(2)30)19-20(32)29(17-7-5-4-6-15(17)27-19)11-18(31)26-16-10-13(21(23,24)25)8-9-14(16)22/h4-10H,3,11H2,1-2H3,(H,26,31). The van der Waals surface area contributed by atoms with E-state index in [4.69, 9.17) is 11.6 Å². The number of aromatic nitrogens is 2. The van der Waals surface area contributed by atoms with Gasteiger partial charge in [-0.05, 0) is 37.3 Å². The summed E-state index contributed by atoms with van der Waals surface area (Å²) in [7, 11) is 0. The van der Waals surface area contributed by atoms with Gasteiger partial charge in [0.2, 0.25) is 17.6 Å². The third-order valence-electron chi connectivity index (χ3n) is 4.66. The van der Waals surface area contributed by atoms with E-state index in [-0.39, 0.29) is 23.1 Å². The molecule has 1 N–H and O–H groups in total. The van der Waals surface area contributed by atoms with E-state index in [0.29, 0.717) is 17.1 Å². The largest absolute Gasteiger partial charge is 0.416 e. The van der Waals surface area contributed by atoms with E-state index in [1.54, 1.807) is 31.2 Å². The van der Waals surface area contributed by atoms with E-state index in [0.717, 1.165) is 16.7 Å². The van der Waals surface area contributed by atoms with Crippen LogP contribution < -0.4 is 15.8 Å². The molecule has 2 amide bonds. The summed E-state index contributed by atoms with van der Waals surface area (Å²) in [6.07, 6.45) is -4.62. The Morgan fingerprint density at radius 3 is 2.50 bits per heavy atom. The van der Waals surface area contributed by atoms with Gasteiger partial charge in [-0.3, -0.25) is 23.9 Å².